The molecular weight excluding hydrogens is 404 g/mol. The lowest BCUT2D eigenvalue weighted by atomic mass is 9.71. The summed E-state index contributed by atoms with van der Waals surface area (Å²) >= 11 is 0. The van der Waals surface area contributed by atoms with Crippen LogP contribution in [0.4, 0.5) is 17.6 Å². The highest BCUT2D eigenvalue weighted by molar-refractivity contribution is 5.66. The molecule has 0 heterocycles. The molecular formula is C26H28F4O. The minimum Gasteiger partial charge on any atom is -0.378 e. The van der Waals surface area contributed by atoms with Crippen LogP contribution in [-0.4, -0.2) is 12.7 Å². The largest absolute Gasteiger partial charge is 0.378 e. The molecule has 0 N–H and O–H groups in total. The molecule has 0 aromatic heterocycles. The summed E-state index contributed by atoms with van der Waals surface area (Å²) in [6, 6.07) is 5.13. The number of ether oxygens (including phenoxy) is 1. The highest BCUT2D eigenvalue weighted by Crippen LogP contribution is 2.40. The Morgan fingerprint density at radius 3 is 2.29 bits per heavy atom. The minimum absolute atomic E-state index is 0.0219. The van der Waals surface area contributed by atoms with Gasteiger partial charge in [-0.2, -0.15) is 0 Å². The van der Waals surface area contributed by atoms with E-state index in [1.807, 2.05) is 12.1 Å². The zero-order valence-corrected chi connectivity index (χ0v) is 17.6. The zero-order valence-electron chi connectivity index (χ0n) is 17.6. The Balaban J connectivity index is 1.44. The van der Waals surface area contributed by atoms with Gasteiger partial charge in [0.15, 0.2) is 17.5 Å². The number of hydrogen-bond acceptors (Lipinski definition) is 1. The van der Waals surface area contributed by atoms with Crippen LogP contribution in [0.5, 0.6) is 0 Å². The first-order chi connectivity index (χ1) is 15.0. The molecule has 31 heavy (non-hydrogen) atoms. The first kappa shape index (κ1) is 22.1. The van der Waals surface area contributed by atoms with Gasteiger partial charge in [-0.05, 0) is 92.0 Å². The van der Waals surface area contributed by atoms with Crippen molar-refractivity contribution in [2.45, 2.75) is 57.5 Å². The summed E-state index contributed by atoms with van der Waals surface area (Å²) < 4.78 is 61.6. The lowest BCUT2D eigenvalue weighted by molar-refractivity contribution is 0.0124. The van der Waals surface area contributed by atoms with Crippen LogP contribution in [0.3, 0.4) is 0 Å². The Bertz CT molecular complexity index is 924. The van der Waals surface area contributed by atoms with E-state index in [9.17, 15) is 13.2 Å². The van der Waals surface area contributed by atoms with Crippen molar-refractivity contribution in [1.82, 2.24) is 0 Å². The predicted octanol–water partition coefficient (Wildman–Crippen LogP) is 7.17. The molecule has 1 unspecified atom stereocenters. The maximum atomic E-state index is 15.2. The highest BCUT2D eigenvalue weighted by Gasteiger charge is 2.32. The standard InChI is InChI=1S/C26H28F4O/c1-2-3-12-31-20-8-4-16(5-9-20)17-6-10-21-18(13-17)7-11-22(25(21)29)19-14-23(27)26(30)24(28)15-19/h2,7,11,14-17,20H,1,3-6,8-10,12-13H2. The summed E-state index contributed by atoms with van der Waals surface area (Å²) in [5, 5.41) is 0. The van der Waals surface area contributed by atoms with Gasteiger partial charge in [-0.1, -0.05) is 18.2 Å². The van der Waals surface area contributed by atoms with Crippen molar-refractivity contribution in [3.8, 4) is 11.1 Å². The number of halogens is 4. The van der Waals surface area contributed by atoms with E-state index in [0.29, 0.717) is 29.9 Å². The fourth-order valence-electron chi connectivity index (χ4n) is 5.22. The molecule has 4 rings (SSSR count). The Hall–Kier alpha value is -2.14. The van der Waals surface area contributed by atoms with E-state index >= 15 is 4.39 Å². The summed E-state index contributed by atoms with van der Waals surface area (Å²) in [6.45, 7) is 4.46. The average Bonchev–Trinajstić information content (AvgIpc) is 2.78. The Kier molecular flexibility index (Phi) is 6.80. The third kappa shape index (κ3) is 4.72. The normalized spacial score (nSPS) is 23.4. The number of benzene rings is 2. The van der Waals surface area contributed by atoms with Crippen LogP contribution in [0, 0.1) is 35.1 Å². The molecule has 0 saturated heterocycles. The van der Waals surface area contributed by atoms with Crippen molar-refractivity contribution in [3.63, 3.8) is 0 Å². The minimum atomic E-state index is -1.54. The molecule has 1 saturated carbocycles. The smallest absolute Gasteiger partial charge is 0.194 e. The molecule has 2 aromatic carbocycles. The lowest BCUT2D eigenvalue weighted by Gasteiger charge is -2.36. The van der Waals surface area contributed by atoms with Gasteiger partial charge in [0.05, 0.1) is 12.7 Å². The fourth-order valence-corrected chi connectivity index (χ4v) is 5.22. The topological polar surface area (TPSA) is 9.23 Å². The number of hydrogen-bond donors (Lipinski definition) is 0. The lowest BCUT2D eigenvalue weighted by Crippen LogP contribution is -2.29. The monoisotopic (exact) mass is 432 g/mol. The quantitative estimate of drug-likeness (QED) is 0.204. The van der Waals surface area contributed by atoms with Crippen molar-refractivity contribution in [1.29, 1.82) is 0 Å². The molecule has 0 radical (unpaired) electrons. The van der Waals surface area contributed by atoms with Gasteiger partial charge in [-0.3, -0.25) is 0 Å². The van der Waals surface area contributed by atoms with E-state index < -0.39 is 23.3 Å². The van der Waals surface area contributed by atoms with Crippen LogP contribution in [0.15, 0.2) is 36.9 Å². The molecule has 0 bridgehead atoms. The van der Waals surface area contributed by atoms with Crippen molar-refractivity contribution < 1.29 is 22.3 Å². The highest BCUT2D eigenvalue weighted by atomic mass is 19.2. The average molecular weight is 433 g/mol. The van der Waals surface area contributed by atoms with Gasteiger partial charge in [0.1, 0.15) is 5.82 Å². The Morgan fingerprint density at radius 2 is 1.61 bits per heavy atom. The van der Waals surface area contributed by atoms with Crippen LogP contribution in [0.2, 0.25) is 0 Å². The summed E-state index contributed by atoms with van der Waals surface area (Å²) in [4.78, 5) is 0. The third-order valence-electron chi connectivity index (χ3n) is 6.94. The SMILES string of the molecule is C=CCCOC1CCC(C2CCc3c(ccc(-c4cc(F)c(F)c(F)c4)c3F)C2)CC1. The maximum absolute atomic E-state index is 15.2. The molecule has 2 aliphatic carbocycles. The van der Waals surface area contributed by atoms with Gasteiger partial charge in [-0.15, -0.1) is 6.58 Å². The van der Waals surface area contributed by atoms with Gasteiger partial charge < -0.3 is 4.74 Å². The van der Waals surface area contributed by atoms with Gasteiger partial charge in [0.2, 0.25) is 0 Å². The first-order valence-corrected chi connectivity index (χ1v) is 11.2. The van der Waals surface area contributed by atoms with Crippen LogP contribution in [0.25, 0.3) is 11.1 Å². The Labute approximate surface area is 181 Å². The number of fused-ring (bicyclic) bond motifs is 1. The molecule has 0 amide bonds. The predicted molar refractivity (Wildman–Crippen MR) is 114 cm³/mol. The van der Waals surface area contributed by atoms with Crippen molar-refractivity contribution in [2.75, 3.05) is 6.61 Å². The molecule has 2 aliphatic rings. The maximum Gasteiger partial charge on any atom is 0.194 e. The fraction of sp³-hybridized carbons (Fsp3) is 0.462. The molecule has 5 heteroatoms. The summed E-state index contributed by atoms with van der Waals surface area (Å²) in [5.74, 6) is -3.46. The summed E-state index contributed by atoms with van der Waals surface area (Å²) in [5.41, 5.74) is 1.74. The van der Waals surface area contributed by atoms with Crippen molar-refractivity contribution in [2.24, 2.45) is 11.8 Å². The van der Waals surface area contributed by atoms with Gasteiger partial charge in [0, 0.05) is 5.56 Å². The van der Waals surface area contributed by atoms with Crippen LogP contribution in [-0.2, 0) is 17.6 Å². The van der Waals surface area contributed by atoms with E-state index in [1.54, 1.807) is 6.07 Å². The van der Waals surface area contributed by atoms with Gasteiger partial charge in [-0.25, -0.2) is 17.6 Å². The second kappa shape index (κ2) is 9.56. The first-order valence-electron chi connectivity index (χ1n) is 11.2. The van der Waals surface area contributed by atoms with Gasteiger partial charge >= 0.3 is 0 Å². The van der Waals surface area contributed by atoms with E-state index in [0.717, 1.165) is 69.2 Å². The van der Waals surface area contributed by atoms with Crippen molar-refractivity contribution in [3.05, 3.63) is 71.3 Å². The molecule has 2 aromatic rings. The molecule has 166 valence electrons. The van der Waals surface area contributed by atoms with Crippen molar-refractivity contribution >= 4 is 0 Å². The third-order valence-corrected chi connectivity index (χ3v) is 6.94. The second-order valence-electron chi connectivity index (χ2n) is 8.81. The molecule has 0 spiro atoms. The Morgan fingerprint density at radius 1 is 0.903 bits per heavy atom. The molecule has 1 nitrogen and oxygen atoms in total. The molecule has 0 aliphatic heterocycles. The summed E-state index contributed by atoms with van der Waals surface area (Å²) in [7, 11) is 0. The zero-order chi connectivity index (χ0) is 22.0. The van der Waals surface area contributed by atoms with Crippen LogP contribution >= 0.6 is 0 Å². The van der Waals surface area contributed by atoms with Crippen LogP contribution < -0.4 is 0 Å². The van der Waals surface area contributed by atoms with E-state index in [-0.39, 0.29) is 11.1 Å². The van der Waals surface area contributed by atoms with E-state index in [4.69, 9.17) is 4.74 Å². The van der Waals surface area contributed by atoms with E-state index in [1.165, 1.54) is 0 Å². The van der Waals surface area contributed by atoms with E-state index in [2.05, 4.69) is 6.58 Å². The molecule has 1 atom stereocenters. The number of rotatable bonds is 6. The van der Waals surface area contributed by atoms with Gasteiger partial charge in [0.25, 0.3) is 0 Å². The molecule has 1 fully saturated rings. The summed E-state index contributed by atoms with van der Waals surface area (Å²) in [6.07, 6.45) is 9.84. The second-order valence-corrected chi connectivity index (χ2v) is 8.81. The van der Waals surface area contributed by atoms with Crippen LogP contribution in [0.1, 0.15) is 49.7 Å².